The summed E-state index contributed by atoms with van der Waals surface area (Å²) in [5.74, 6) is 1.94. The normalized spacial score (nSPS) is 22.2. The minimum Gasteiger partial charge on any atom is -0.489 e. The molecule has 2 atom stereocenters. The van der Waals surface area contributed by atoms with E-state index in [1.54, 1.807) is 0 Å². The molecule has 1 N–H and O–H groups in total. The van der Waals surface area contributed by atoms with Crippen LogP contribution < -0.4 is 10.1 Å². The summed E-state index contributed by atoms with van der Waals surface area (Å²) in [5, 5.41) is 3.46. The first kappa shape index (κ1) is 21.3. The first-order valence-electron chi connectivity index (χ1n) is 9.75. The lowest BCUT2D eigenvalue weighted by Gasteiger charge is -2.25. The lowest BCUT2D eigenvalue weighted by Crippen LogP contribution is -2.43. The van der Waals surface area contributed by atoms with Gasteiger partial charge in [-0.05, 0) is 58.3 Å². The molecule has 0 bridgehead atoms. The number of aliphatic imine (C=N–C) groups is 1. The maximum Gasteiger partial charge on any atom is 0.194 e. The summed E-state index contributed by atoms with van der Waals surface area (Å²) >= 11 is 0. The smallest absolute Gasteiger partial charge is 0.194 e. The molecule has 1 aromatic carbocycles. The minimum absolute atomic E-state index is 0. The van der Waals surface area contributed by atoms with Gasteiger partial charge in [-0.1, -0.05) is 18.2 Å². The van der Waals surface area contributed by atoms with Crippen molar-refractivity contribution in [3.05, 3.63) is 30.3 Å². The van der Waals surface area contributed by atoms with E-state index in [2.05, 4.69) is 29.0 Å². The molecule has 2 heterocycles. The molecule has 2 unspecified atom stereocenters. The molecule has 2 saturated heterocycles. The van der Waals surface area contributed by atoms with Crippen LogP contribution in [0, 0.1) is 0 Å². The number of likely N-dealkylation sites (tertiary alicyclic amines) is 2. The number of benzene rings is 1. The monoisotopic (exact) mass is 472 g/mol. The quantitative estimate of drug-likeness (QED) is 0.392. The summed E-state index contributed by atoms with van der Waals surface area (Å²) in [6.45, 7) is 10.5. The highest BCUT2D eigenvalue weighted by atomic mass is 127. The highest BCUT2D eigenvalue weighted by Gasteiger charge is 2.30. The van der Waals surface area contributed by atoms with Gasteiger partial charge in [0, 0.05) is 25.7 Å². The van der Waals surface area contributed by atoms with Crippen molar-refractivity contribution in [1.29, 1.82) is 0 Å². The predicted octanol–water partition coefficient (Wildman–Crippen LogP) is 3.21. The summed E-state index contributed by atoms with van der Waals surface area (Å²) in [5.41, 5.74) is 0. The Labute approximate surface area is 175 Å². The van der Waals surface area contributed by atoms with Crippen molar-refractivity contribution < 1.29 is 4.74 Å². The Morgan fingerprint density at radius 1 is 1.23 bits per heavy atom. The van der Waals surface area contributed by atoms with Gasteiger partial charge < -0.3 is 15.0 Å². The summed E-state index contributed by atoms with van der Waals surface area (Å²) in [6.07, 6.45) is 4.03. The zero-order valence-corrected chi connectivity index (χ0v) is 18.4. The van der Waals surface area contributed by atoms with Gasteiger partial charge in [-0.15, -0.1) is 24.0 Å². The Morgan fingerprint density at radius 3 is 2.65 bits per heavy atom. The molecule has 2 fully saturated rings. The zero-order valence-electron chi connectivity index (χ0n) is 16.1. The first-order chi connectivity index (χ1) is 12.3. The third kappa shape index (κ3) is 6.01. The zero-order chi connectivity index (χ0) is 17.5. The summed E-state index contributed by atoms with van der Waals surface area (Å²) in [7, 11) is 0. The second-order valence-corrected chi connectivity index (χ2v) is 7.07. The number of hydrogen-bond donors (Lipinski definition) is 1. The lowest BCUT2D eigenvalue weighted by molar-refractivity contribution is 0.229. The minimum atomic E-state index is 0. The van der Waals surface area contributed by atoms with E-state index in [0.29, 0.717) is 12.6 Å². The van der Waals surface area contributed by atoms with Gasteiger partial charge in [0.1, 0.15) is 11.9 Å². The Balaban J connectivity index is 0.00000243. The highest BCUT2D eigenvalue weighted by molar-refractivity contribution is 14.0. The fourth-order valence-corrected chi connectivity index (χ4v) is 3.75. The SMILES string of the molecule is CCNC(=NCC(C)Oc1ccccc1)N1CCC(N2CCCC2)C1.I. The Hall–Kier alpha value is -1.02. The van der Waals surface area contributed by atoms with Crippen molar-refractivity contribution in [2.45, 2.75) is 45.3 Å². The standard InChI is InChI=1S/C20H32N4O.HI/c1-3-21-20(22-15-17(2)25-19-9-5-4-6-10-19)24-14-11-18(16-24)23-12-7-8-13-23;/h4-6,9-10,17-18H,3,7-8,11-16H2,1-2H3,(H,21,22);1H. The van der Waals surface area contributed by atoms with Crippen LogP contribution in [0.5, 0.6) is 5.75 Å². The number of guanidine groups is 1. The largest absolute Gasteiger partial charge is 0.489 e. The Morgan fingerprint density at radius 2 is 1.96 bits per heavy atom. The van der Waals surface area contributed by atoms with Gasteiger partial charge in [0.25, 0.3) is 0 Å². The van der Waals surface area contributed by atoms with Gasteiger partial charge >= 0.3 is 0 Å². The summed E-state index contributed by atoms with van der Waals surface area (Å²) < 4.78 is 5.95. The number of nitrogens with zero attached hydrogens (tertiary/aromatic N) is 3. The lowest BCUT2D eigenvalue weighted by atomic mass is 10.2. The van der Waals surface area contributed by atoms with E-state index < -0.39 is 0 Å². The molecule has 1 aromatic rings. The Bertz CT molecular complexity index is 548. The molecule has 0 saturated carbocycles. The van der Waals surface area contributed by atoms with Crippen molar-refractivity contribution in [3.63, 3.8) is 0 Å². The van der Waals surface area contributed by atoms with Crippen LogP contribution in [-0.4, -0.2) is 67.2 Å². The summed E-state index contributed by atoms with van der Waals surface area (Å²) in [4.78, 5) is 9.92. The van der Waals surface area contributed by atoms with E-state index in [4.69, 9.17) is 9.73 Å². The number of para-hydroxylation sites is 1. The van der Waals surface area contributed by atoms with E-state index in [0.717, 1.165) is 31.3 Å². The summed E-state index contributed by atoms with van der Waals surface area (Å²) in [6, 6.07) is 10.7. The van der Waals surface area contributed by atoms with Crippen LogP contribution in [-0.2, 0) is 0 Å². The molecule has 6 heteroatoms. The average molecular weight is 472 g/mol. The maximum absolute atomic E-state index is 5.95. The molecule has 5 nitrogen and oxygen atoms in total. The fraction of sp³-hybridized carbons (Fsp3) is 0.650. The van der Waals surface area contributed by atoms with E-state index in [1.807, 2.05) is 30.3 Å². The van der Waals surface area contributed by atoms with Crippen molar-refractivity contribution in [2.75, 3.05) is 39.3 Å². The molecule has 26 heavy (non-hydrogen) atoms. The molecule has 0 amide bonds. The highest BCUT2D eigenvalue weighted by Crippen LogP contribution is 2.20. The van der Waals surface area contributed by atoms with Gasteiger partial charge in [0.2, 0.25) is 0 Å². The molecule has 3 rings (SSSR count). The molecule has 0 aromatic heterocycles. The van der Waals surface area contributed by atoms with Crippen LogP contribution in [0.4, 0.5) is 0 Å². The van der Waals surface area contributed by atoms with Gasteiger partial charge in [-0.2, -0.15) is 0 Å². The number of nitrogens with one attached hydrogen (secondary N) is 1. The number of rotatable bonds is 6. The number of halogens is 1. The van der Waals surface area contributed by atoms with E-state index in [9.17, 15) is 0 Å². The van der Waals surface area contributed by atoms with Gasteiger partial charge in [0.05, 0.1) is 6.54 Å². The molecule has 146 valence electrons. The van der Waals surface area contributed by atoms with Crippen molar-refractivity contribution >= 4 is 29.9 Å². The van der Waals surface area contributed by atoms with E-state index >= 15 is 0 Å². The second-order valence-electron chi connectivity index (χ2n) is 7.07. The number of hydrogen-bond acceptors (Lipinski definition) is 3. The molecular formula is C20H33IN4O. The second kappa shape index (κ2) is 11.0. The van der Waals surface area contributed by atoms with Crippen LogP contribution in [0.1, 0.15) is 33.1 Å². The number of ether oxygens (including phenoxy) is 1. The molecule has 0 radical (unpaired) electrons. The van der Waals surface area contributed by atoms with Gasteiger partial charge in [-0.3, -0.25) is 4.90 Å². The predicted molar refractivity (Wildman–Crippen MR) is 119 cm³/mol. The molecule has 2 aliphatic heterocycles. The molecule has 0 aliphatic carbocycles. The van der Waals surface area contributed by atoms with Crippen molar-refractivity contribution in [2.24, 2.45) is 4.99 Å². The first-order valence-corrected chi connectivity index (χ1v) is 9.75. The molecule has 2 aliphatic rings. The van der Waals surface area contributed by atoms with Crippen LogP contribution >= 0.6 is 24.0 Å². The molecular weight excluding hydrogens is 439 g/mol. The van der Waals surface area contributed by atoms with Gasteiger partial charge in [0.15, 0.2) is 5.96 Å². The van der Waals surface area contributed by atoms with Crippen molar-refractivity contribution in [3.8, 4) is 5.75 Å². The van der Waals surface area contributed by atoms with E-state index in [-0.39, 0.29) is 30.1 Å². The molecule has 0 spiro atoms. The van der Waals surface area contributed by atoms with Crippen LogP contribution in [0.15, 0.2) is 35.3 Å². The third-order valence-electron chi connectivity index (χ3n) is 5.03. The topological polar surface area (TPSA) is 40.1 Å². The third-order valence-corrected chi connectivity index (χ3v) is 5.03. The fourth-order valence-electron chi connectivity index (χ4n) is 3.75. The van der Waals surface area contributed by atoms with Gasteiger partial charge in [-0.25, -0.2) is 4.99 Å². The van der Waals surface area contributed by atoms with Crippen LogP contribution in [0.3, 0.4) is 0 Å². The van der Waals surface area contributed by atoms with Crippen LogP contribution in [0.2, 0.25) is 0 Å². The van der Waals surface area contributed by atoms with Crippen molar-refractivity contribution in [1.82, 2.24) is 15.1 Å². The maximum atomic E-state index is 5.95. The van der Waals surface area contributed by atoms with E-state index in [1.165, 1.54) is 32.4 Å². The van der Waals surface area contributed by atoms with Crippen LogP contribution in [0.25, 0.3) is 0 Å². The Kier molecular flexibility index (Phi) is 8.98. The average Bonchev–Trinajstić information content (AvgIpc) is 3.30.